The largest absolute Gasteiger partial charge is 0.465 e. The van der Waals surface area contributed by atoms with Crippen LogP contribution >= 0.6 is 11.3 Å². The van der Waals surface area contributed by atoms with Crippen LogP contribution < -0.4 is 4.90 Å². The highest BCUT2D eigenvalue weighted by Gasteiger charge is 2.12. The Balaban J connectivity index is 2.23. The summed E-state index contributed by atoms with van der Waals surface area (Å²) in [5.41, 5.74) is 1.09. The smallest absolute Gasteiger partial charge is 0.348 e. The molecule has 1 aromatic heterocycles. The minimum absolute atomic E-state index is 0.289. The van der Waals surface area contributed by atoms with E-state index in [1.54, 1.807) is 6.07 Å². The monoisotopic (exact) mass is 247 g/mol. The molecule has 0 aliphatic carbocycles. The van der Waals surface area contributed by atoms with E-state index in [9.17, 15) is 4.79 Å². The van der Waals surface area contributed by atoms with Crippen LogP contribution in [0.1, 0.15) is 9.67 Å². The van der Waals surface area contributed by atoms with Gasteiger partial charge in [-0.05, 0) is 24.3 Å². The van der Waals surface area contributed by atoms with Gasteiger partial charge >= 0.3 is 5.97 Å². The first-order valence-electron chi connectivity index (χ1n) is 5.19. The summed E-state index contributed by atoms with van der Waals surface area (Å²) in [7, 11) is 3.37. The molecule has 0 atom stereocenters. The van der Waals surface area contributed by atoms with Gasteiger partial charge < -0.3 is 9.64 Å². The summed E-state index contributed by atoms with van der Waals surface area (Å²) >= 11 is 1.42. The molecule has 1 aromatic carbocycles. The van der Waals surface area contributed by atoms with Crippen molar-refractivity contribution in [3.63, 3.8) is 0 Å². The first kappa shape index (κ1) is 11.7. The molecule has 0 amide bonds. The van der Waals surface area contributed by atoms with Crippen molar-refractivity contribution in [3.05, 3.63) is 47.3 Å². The van der Waals surface area contributed by atoms with Gasteiger partial charge in [-0.25, -0.2) is 4.79 Å². The van der Waals surface area contributed by atoms with Crippen LogP contribution in [-0.4, -0.2) is 20.1 Å². The molecule has 0 saturated heterocycles. The van der Waals surface area contributed by atoms with Crippen LogP contribution in [-0.2, 0) is 4.74 Å². The third kappa shape index (κ3) is 2.47. The lowest BCUT2D eigenvalue weighted by Gasteiger charge is -2.16. The molecular weight excluding hydrogens is 234 g/mol. The van der Waals surface area contributed by atoms with Gasteiger partial charge in [-0.2, -0.15) is 0 Å². The molecule has 4 heteroatoms. The molecular formula is C13H13NO2S. The molecule has 0 bridgehead atoms. The molecule has 17 heavy (non-hydrogen) atoms. The van der Waals surface area contributed by atoms with Crippen LogP contribution in [0.2, 0.25) is 0 Å². The standard InChI is InChI=1S/C13H13NO2S/c1-14(10-6-4-3-5-7-10)12-9-8-11(17-12)13(15)16-2/h3-9H,1-2H3. The number of carbonyl (C=O) groups is 1. The first-order valence-corrected chi connectivity index (χ1v) is 6.01. The minimum atomic E-state index is -0.289. The number of rotatable bonds is 3. The maximum atomic E-state index is 11.4. The highest BCUT2D eigenvalue weighted by Crippen LogP contribution is 2.30. The van der Waals surface area contributed by atoms with E-state index in [0.29, 0.717) is 4.88 Å². The number of methoxy groups -OCH3 is 1. The molecule has 2 aromatic rings. The third-order valence-electron chi connectivity index (χ3n) is 2.45. The zero-order valence-electron chi connectivity index (χ0n) is 9.71. The Bertz CT molecular complexity index is 507. The van der Waals surface area contributed by atoms with Crippen molar-refractivity contribution < 1.29 is 9.53 Å². The minimum Gasteiger partial charge on any atom is -0.465 e. The molecule has 0 unspecified atom stereocenters. The van der Waals surface area contributed by atoms with Gasteiger partial charge in [-0.15, -0.1) is 11.3 Å². The Kier molecular flexibility index (Phi) is 3.44. The van der Waals surface area contributed by atoms with E-state index in [1.165, 1.54) is 18.4 Å². The fourth-order valence-corrected chi connectivity index (χ4v) is 2.40. The molecule has 3 nitrogen and oxygen atoms in total. The fourth-order valence-electron chi connectivity index (χ4n) is 1.50. The van der Waals surface area contributed by atoms with Gasteiger partial charge in [0.25, 0.3) is 0 Å². The summed E-state index contributed by atoms with van der Waals surface area (Å²) < 4.78 is 4.69. The lowest BCUT2D eigenvalue weighted by Crippen LogP contribution is -2.07. The number of thiophene rings is 1. The highest BCUT2D eigenvalue weighted by atomic mass is 32.1. The second-order valence-corrected chi connectivity index (χ2v) is 4.59. The van der Waals surface area contributed by atoms with Gasteiger partial charge in [-0.1, -0.05) is 18.2 Å². The number of ether oxygens (including phenoxy) is 1. The topological polar surface area (TPSA) is 29.5 Å². The molecule has 88 valence electrons. The SMILES string of the molecule is COC(=O)c1ccc(N(C)c2ccccc2)s1. The summed E-state index contributed by atoms with van der Waals surface area (Å²) in [4.78, 5) is 14.0. The van der Waals surface area contributed by atoms with Gasteiger partial charge in [-0.3, -0.25) is 0 Å². The van der Waals surface area contributed by atoms with Gasteiger partial charge in [0.05, 0.1) is 12.1 Å². The fraction of sp³-hybridized carbons (Fsp3) is 0.154. The summed E-state index contributed by atoms with van der Waals surface area (Å²) in [6.45, 7) is 0. The van der Waals surface area contributed by atoms with E-state index in [1.807, 2.05) is 48.3 Å². The Hall–Kier alpha value is -1.81. The number of para-hydroxylation sites is 1. The van der Waals surface area contributed by atoms with Gasteiger partial charge in [0.2, 0.25) is 0 Å². The maximum Gasteiger partial charge on any atom is 0.348 e. The number of esters is 1. The second kappa shape index (κ2) is 5.01. The van der Waals surface area contributed by atoms with E-state index in [-0.39, 0.29) is 5.97 Å². The number of nitrogens with zero attached hydrogens (tertiary/aromatic N) is 1. The van der Waals surface area contributed by atoms with Crippen LogP contribution in [0.25, 0.3) is 0 Å². The number of benzene rings is 1. The van der Waals surface area contributed by atoms with Crippen molar-refractivity contribution in [2.75, 3.05) is 19.1 Å². The van der Waals surface area contributed by atoms with E-state index < -0.39 is 0 Å². The van der Waals surface area contributed by atoms with Crippen LogP contribution in [0, 0.1) is 0 Å². The molecule has 0 saturated carbocycles. The molecule has 0 radical (unpaired) electrons. The molecule has 0 aliphatic heterocycles. The van der Waals surface area contributed by atoms with Crippen LogP contribution in [0.15, 0.2) is 42.5 Å². The number of anilines is 2. The lowest BCUT2D eigenvalue weighted by atomic mass is 10.3. The van der Waals surface area contributed by atoms with Crippen molar-refractivity contribution >= 4 is 28.0 Å². The average molecular weight is 247 g/mol. The highest BCUT2D eigenvalue weighted by molar-refractivity contribution is 7.17. The van der Waals surface area contributed by atoms with E-state index in [0.717, 1.165) is 10.7 Å². The number of hydrogen-bond donors (Lipinski definition) is 0. The summed E-state index contributed by atoms with van der Waals surface area (Å²) in [6, 6.07) is 13.7. The molecule has 0 spiro atoms. The number of carbonyl (C=O) groups excluding carboxylic acids is 1. The van der Waals surface area contributed by atoms with Crippen molar-refractivity contribution in [3.8, 4) is 0 Å². The van der Waals surface area contributed by atoms with Gasteiger partial charge in [0, 0.05) is 12.7 Å². The molecule has 0 aliphatic rings. The zero-order valence-corrected chi connectivity index (χ0v) is 10.5. The second-order valence-electron chi connectivity index (χ2n) is 3.52. The predicted molar refractivity (Wildman–Crippen MR) is 70.2 cm³/mol. The quantitative estimate of drug-likeness (QED) is 0.779. The average Bonchev–Trinajstić information content (AvgIpc) is 2.87. The van der Waals surface area contributed by atoms with Crippen molar-refractivity contribution in [1.82, 2.24) is 0 Å². The van der Waals surface area contributed by atoms with E-state index in [2.05, 4.69) is 4.74 Å². The molecule has 0 fully saturated rings. The molecule has 1 heterocycles. The normalized spacial score (nSPS) is 10.0. The summed E-state index contributed by atoms with van der Waals surface area (Å²) in [5.74, 6) is -0.289. The first-order chi connectivity index (χ1) is 8.22. The predicted octanol–water partition coefficient (Wildman–Crippen LogP) is 3.30. The van der Waals surface area contributed by atoms with Gasteiger partial charge in [0.15, 0.2) is 0 Å². The molecule has 2 rings (SSSR count). The Morgan fingerprint density at radius 3 is 2.53 bits per heavy atom. The van der Waals surface area contributed by atoms with Crippen molar-refractivity contribution in [2.45, 2.75) is 0 Å². The van der Waals surface area contributed by atoms with Crippen molar-refractivity contribution in [2.24, 2.45) is 0 Å². The molecule has 0 N–H and O–H groups in total. The van der Waals surface area contributed by atoms with Crippen LogP contribution in [0.3, 0.4) is 0 Å². The number of hydrogen-bond acceptors (Lipinski definition) is 4. The van der Waals surface area contributed by atoms with Crippen LogP contribution in [0.5, 0.6) is 0 Å². The van der Waals surface area contributed by atoms with E-state index in [4.69, 9.17) is 0 Å². The van der Waals surface area contributed by atoms with Crippen LogP contribution in [0.4, 0.5) is 10.7 Å². The summed E-state index contributed by atoms with van der Waals surface area (Å²) in [6.07, 6.45) is 0. The van der Waals surface area contributed by atoms with E-state index >= 15 is 0 Å². The Morgan fingerprint density at radius 1 is 1.18 bits per heavy atom. The van der Waals surface area contributed by atoms with Gasteiger partial charge in [0.1, 0.15) is 4.88 Å². The van der Waals surface area contributed by atoms with Crippen molar-refractivity contribution in [1.29, 1.82) is 0 Å². The Morgan fingerprint density at radius 2 is 1.88 bits per heavy atom. The third-order valence-corrected chi connectivity index (χ3v) is 3.59. The summed E-state index contributed by atoms with van der Waals surface area (Å²) in [5, 5.41) is 1.01. The lowest BCUT2D eigenvalue weighted by molar-refractivity contribution is 0.0606. The Labute approximate surface area is 104 Å². The maximum absolute atomic E-state index is 11.4. The zero-order chi connectivity index (χ0) is 12.3.